The van der Waals surface area contributed by atoms with E-state index in [1.54, 1.807) is 0 Å². The summed E-state index contributed by atoms with van der Waals surface area (Å²) in [5.74, 6) is 1.76. The molecular weight excluding hydrogens is 224 g/mol. The molecule has 0 spiro atoms. The molecule has 2 heteroatoms. The van der Waals surface area contributed by atoms with Crippen LogP contribution in [0.4, 0.5) is 0 Å². The number of rotatable bonds is 3. The van der Waals surface area contributed by atoms with Crippen LogP contribution in [0.5, 0.6) is 5.75 Å². The SMILES string of the molecule is Cc1cc2ccc(OCc3ccccc3)cc2o1. The summed E-state index contributed by atoms with van der Waals surface area (Å²) in [4.78, 5) is 0. The quantitative estimate of drug-likeness (QED) is 0.678. The van der Waals surface area contributed by atoms with Crippen LogP contribution >= 0.6 is 0 Å². The van der Waals surface area contributed by atoms with Crippen molar-refractivity contribution >= 4 is 11.0 Å². The van der Waals surface area contributed by atoms with Gasteiger partial charge in [0.2, 0.25) is 0 Å². The fraction of sp³-hybridized carbons (Fsp3) is 0.125. The molecule has 1 aromatic heterocycles. The van der Waals surface area contributed by atoms with E-state index in [-0.39, 0.29) is 0 Å². The van der Waals surface area contributed by atoms with Gasteiger partial charge in [0.05, 0.1) is 0 Å². The van der Waals surface area contributed by atoms with Crippen molar-refractivity contribution in [1.29, 1.82) is 0 Å². The van der Waals surface area contributed by atoms with Gasteiger partial charge in [0.25, 0.3) is 0 Å². The van der Waals surface area contributed by atoms with E-state index >= 15 is 0 Å². The standard InChI is InChI=1S/C16H14O2/c1-12-9-14-7-8-15(10-16(14)18-12)17-11-13-5-3-2-4-6-13/h2-10H,11H2,1H3. The summed E-state index contributed by atoms with van der Waals surface area (Å²) >= 11 is 0. The van der Waals surface area contributed by atoms with Gasteiger partial charge in [-0.3, -0.25) is 0 Å². The third kappa shape index (κ3) is 2.23. The second-order valence-electron chi connectivity index (χ2n) is 4.33. The second kappa shape index (κ2) is 4.57. The fourth-order valence-corrected chi connectivity index (χ4v) is 1.97. The number of benzene rings is 2. The van der Waals surface area contributed by atoms with Gasteiger partial charge in [-0.1, -0.05) is 30.3 Å². The van der Waals surface area contributed by atoms with Crippen molar-refractivity contribution in [1.82, 2.24) is 0 Å². The van der Waals surface area contributed by atoms with Gasteiger partial charge in [-0.15, -0.1) is 0 Å². The number of ether oxygens (including phenoxy) is 1. The molecule has 1 heterocycles. The molecular formula is C16H14O2. The summed E-state index contributed by atoms with van der Waals surface area (Å²) in [5.41, 5.74) is 2.03. The first kappa shape index (κ1) is 10.9. The van der Waals surface area contributed by atoms with Gasteiger partial charge in [-0.25, -0.2) is 0 Å². The van der Waals surface area contributed by atoms with Crippen LogP contribution in [0.15, 0.2) is 59.0 Å². The van der Waals surface area contributed by atoms with E-state index in [9.17, 15) is 0 Å². The van der Waals surface area contributed by atoms with Crippen LogP contribution in [-0.2, 0) is 6.61 Å². The van der Waals surface area contributed by atoms with Crippen LogP contribution in [0.3, 0.4) is 0 Å². The van der Waals surface area contributed by atoms with Gasteiger partial charge in [0.15, 0.2) is 0 Å². The van der Waals surface area contributed by atoms with Crippen LogP contribution in [0.1, 0.15) is 11.3 Å². The van der Waals surface area contributed by atoms with E-state index < -0.39 is 0 Å². The van der Waals surface area contributed by atoms with Crippen molar-refractivity contribution in [2.45, 2.75) is 13.5 Å². The largest absolute Gasteiger partial charge is 0.489 e. The lowest BCUT2D eigenvalue weighted by Gasteiger charge is -2.05. The smallest absolute Gasteiger partial charge is 0.137 e. The van der Waals surface area contributed by atoms with Crippen LogP contribution in [0.25, 0.3) is 11.0 Å². The topological polar surface area (TPSA) is 22.4 Å². The Hall–Kier alpha value is -2.22. The molecule has 0 radical (unpaired) electrons. The Morgan fingerprint density at radius 1 is 1.00 bits per heavy atom. The Labute approximate surface area is 106 Å². The van der Waals surface area contributed by atoms with Crippen molar-refractivity contribution in [2.75, 3.05) is 0 Å². The maximum Gasteiger partial charge on any atom is 0.137 e. The first-order valence-electron chi connectivity index (χ1n) is 5.98. The molecule has 3 rings (SSSR count). The predicted octanol–water partition coefficient (Wildman–Crippen LogP) is 4.32. The molecule has 0 bridgehead atoms. The highest BCUT2D eigenvalue weighted by Gasteiger charge is 2.02. The van der Waals surface area contributed by atoms with Gasteiger partial charge < -0.3 is 9.15 Å². The Morgan fingerprint density at radius 3 is 2.67 bits per heavy atom. The zero-order chi connectivity index (χ0) is 12.4. The number of hydrogen-bond donors (Lipinski definition) is 0. The fourth-order valence-electron chi connectivity index (χ4n) is 1.97. The molecule has 0 N–H and O–H groups in total. The van der Waals surface area contributed by atoms with Gasteiger partial charge in [-0.2, -0.15) is 0 Å². The normalized spacial score (nSPS) is 10.7. The van der Waals surface area contributed by atoms with Crippen LogP contribution < -0.4 is 4.74 Å². The summed E-state index contributed by atoms with van der Waals surface area (Å²) in [7, 11) is 0. The molecule has 2 aromatic carbocycles. The van der Waals surface area contributed by atoms with Crippen LogP contribution in [-0.4, -0.2) is 0 Å². The van der Waals surface area contributed by atoms with Crippen LogP contribution in [0, 0.1) is 6.92 Å². The molecule has 0 atom stereocenters. The molecule has 3 aromatic rings. The van der Waals surface area contributed by atoms with Crippen molar-refractivity contribution < 1.29 is 9.15 Å². The summed E-state index contributed by atoms with van der Waals surface area (Å²) in [6.07, 6.45) is 0. The monoisotopic (exact) mass is 238 g/mol. The molecule has 0 saturated heterocycles. The lowest BCUT2D eigenvalue weighted by molar-refractivity contribution is 0.306. The third-order valence-electron chi connectivity index (χ3n) is 2.86. The van der Waals surface area contributed by atoms with Gasteiger partial charge in [0, 0.05) is 11.5 Å². The minimum absolute atomic E-state index is 0.575. The molecule has 0 amide bonds. The molecule has 0 aliphatic heterocycles. The maximum atomic E-state index is 5.75. The van der Waals surface area contributed by atoms with Crippen molar-refractivity contribution in [3.05, 3.63) is 65.9 Å². The zero-order valence-corrected chi connectivity index (χ0v) is 10.2. The number of hydrogen-bond acceptors (Lipinski definition) is 2. The van der Waals surface area contributed by atoms with Gasteiger partial charge >= 0.3 is 0 Å². The molecule has 0 saturated carbocycles. The number of aryl methyl sites for hydroxylation is 1. The lowest BCUT2D eigenvalue weighted by atomic mass is 10.2. The average molecular weight is 238 g/mol. The number of furan rings is 1. The Morgan fingerprint density at radius 2 is 1.83 bits per heavy atom. The maximum absolute atomic E-state index is 5.75. The molecule has 0 fully saturated rings. The molecule has 90 valence electrons. The van der Waals surface area contributed by atoms with Crippen molar-refractivity contribution in [2.24, 2.45) is 0 Å². The highest BCUT2D eigenvalue weighted by atomic mass is 16.5. The van der Waals surface area contributed by atoms with E-state index in [1.165, 1.54) is 0 Å². The lowest BCUT2D eigenvalue weighted by Crippen LogP contribution is -1.94. The van der Waals surface area contributed by atoms with Crippen molar-refractivity contribution in [3.63, 3.8) is 0 Å². The predicted molar refractivity (Wildman–Crippen MR) is 71.7 cm³/mol. The van der Waals surface area contributed by atoms with E-state index in [0.29, 0.717) is 6.61 Å². The Bertz CT molecular complexity index is 653. The van der Waals surface area contributed by atoms with E-state index in [2.05, 4.69) is 12.1 Å². The number of fused-ring (bicyclic) bond motifs is 1. The molecule has 0 unspecified atom stereocenters. The van der Waals surface area contributed by atoms with E-state index in [0.717, 1.165) is 28.0 Å². The highest BCUT2D eigenvalue weighted by molar-refractivity contribution is 5.79. The van der Waals surface area contributed by atoms with E-state index in [1.807, 2.05) is 49.4 Å². The second-order valence-corrected chi connectivity index (χ2v) is 4.33. The first-order chi connectivity index (χ1) is 8.81. The molecule has 0 aliphatic carbocycles. The van der Waals surface area contributed by atoms with Crippen LogP contribution in [0.2, 0.25) is 0 Å². The summed E-state index contributed by atoms with van der Waals surface area (Å²) in [6, 6.07) is 18.1. The average Bonchev–Trinajstić information content (AvgIpc) is 2.77. The van der Waals surface area contributed by atoms with E-state index in [4.69, 9.17) is 9.15 Å². The minimum Gasteiger partial charge on any atom is -0.489 e. The first-order valence-corrected chi connectivity index (χ1v) is 5.98. The van der Waals surface area contributed by atoms with Gasteiger partial charge in [-0.05, 0) is 30.7 Å². The molecule has 2 nitrogen and oxygen atoms in total. The minimum atomic E-state index is 0.575. The zero-order valence-electron chi connectivity index (χ0n) is 10.2. The highest BCUT2D eigenvalue weighted by Crippen LogP contribution is 2.24. The molecule has 18 heavy (non-hydrogen) atoms. The molecule has 0 aliphatic rings. The summed E-state index contributed by atoms with van der Waals surface area (Å²) in [5, 5.41) is 1.11. The summed E-state index contributed by atoms with van der Waals surface area (Å²) in [6.45, 7) is 2.52. The Kier molecular flexibility index (Phi) is 2.77. The third-order valence-corrected chi connectivity index (χ3v) is 2.86. The van der Waals surface area contributed by atoms with Gasteiger partial charge in [0.1, 0.15) is 23.7 Å². The Balaban J connectivity index is 1.78. The van der Waals surface area contributed by atoms with Crippen molar-refractivity contribution in [3.8, 4) is 5.75 Å². The summed E-state index contributed by atoms with van der Waals surface area (Å²) < 4.78 is 11.3.